The fourth-order valence-corrected chi connectivity index (χ4v) is 2.95. The van der Waals surface area contributed by atoms with Crippen LogP contribution in [0.5, 0.6) is 0 Å². The number of carbonyl (C=O) groups is 1. The van der Waals surface area contributed by atoms with Crippen molar-refractivity contribution in [3.63, 3.8) is 0 Å². The van der Waals surface area contributed by atoms with Gasteiger partial charge in [-0.25, -0.2) is 4.98 Å². The maximum atomic E-state index is 12.9. The van der Waals surface area contributed by atoms with Crippen LogP contribution in [0.25, 0.3) is 11.4 Å². The first-order valence-corrected chi connectivity index (χ1v) is 7.51. The summed E-state index contributed by atoms with van der Waals surface area (Å²) in [6.45, 7) is 1.09. The topological polar surface area (TPSA) is 80.3 Å². The Morgan fingerprint density at radius 3 is 3.00 bits per heavy atom. The predicted octanol–water partition coefficient (Wildman–Crippen LogP) is 1.35. The van der Waals surface area contributed by atoms with E-state index in [4.69, 9.17) is 9.47 Å². The summed E-state index contributed by atoms with van der Waals surface area (Å²) in [6, 6.07) is 7.41. The van der Waals surface area contributed by atoms with Gasteiger partial charge < -0.3 is 14.4 Å². The van der Waals surface area contributed by atoms with Crippen molar-refractivity contribution in [3.8, 4) is 11.4 Å². The standard InChI is InChI=1S/C16H20N4O3/c1-22-9-13-7-14(23-2)8-20(13)16(21)12-5-3-4-11(6-12)15-17-10-18-19-15/h3-6,10,13-14H,7-9H2,1-2H3,(H,17,18,19)/t13-,14+/m0/s1. The quantitative estimate of drug-likeness (QED) is 0.900. The first-order valence-electron chi connectivity index (χ1n) is 7.51. The average Bonchev–Trinajstić information content (AvgIpc) is 3.24. The average molecular weight is 316 g/mol. The van der Waals surface area contributed by atoms with Crippen molar-refractivity contribution in [1.29, 1.82) is 0 Å². The Morgan fingerprint density at radius 1 is 1.43 bits per heavy atom. The van der Waals surface area contributed by atoms with E-state index in [1.54, 1.807) is 14.2 Å². The van der Waals surface area contributed by atoms with Crippen LogP contribution < -0.4 is 0 Å². The second kappa shape index (κ2) is 6.89. The summed E-state index contributed by atoms with van der Waals surface area (Å²) in [7, 11) is 3.32. The first-order chi connectivity index (χ1) is 11.2. The van der Waals surface area contributed by atoms with Crippen LogP contribution in [0.2, 0.25) is 0 Å². The molecule has 1 aromatic heterocycles. The van der Waals surface area contributed by atoms with Crippen LogP contribution in [-0.2, 0) is 9.47 Å². The van der Waals surface area contributed by atoms with Crippen molar-refractivity contribution in [3.05, 3.63) is 36.2 Å². The molecule has 1 aromatic carbocycles. The van der Waals surface area contributed by atoms with E-state index in [-0.39, 0.29) is 18.1 Å². The minimum atomic E-state index is -0.0204. The fraction of sp³-hybridized carbons (Fsp3) is 0.438. The van der Waals surface area contributed by atoms with Crippen LogP contribution in [0.4, 0.5) is 0 Å². The number of aromatic nitrogens is 3. The molecule has 2 aromatic rings. The molecule has 1 aliphatic rings. The van der Waals surface area contributed by atoms with Crippen LogP contribution in [0.3, 0.4) is 0 Å². The molecular formula is C16H20N4O3. The molecule has 1 N–H and O–H groups in total. The third-order valence-corrected chi connectivity index (χ3v) is 4.13. The van der Waals surface area contributed by atoms with Crippen molar-refractivity contribution in [2.45, 2.75) is 18.6 Å². The van der Waals surface area contributed by atoms with Crippen molar-refractivity contribution in [2.24, 2.45) is 0 Å². The molecular weight excluding hydrogens is 296 g/mol. The van der Waals surface area contributed by atoms with Crippen molar-refractivity contribution >= 4 is 5.91 Å². The number of likely N-dealkylation sites (tertiary alicyclic amines) is 1. The molecule has 1 amide bonds. The number of aromatic amines is 1. The van der Waals surface area contributed by atoms with Gasteiger partial charge in [-0.3, -0.25) is 9.89 Å². The van der Waals surface area contributed by atoms with Gasteiger partial charge in [-0.1, -0.05) is 12.1 Å². The molecule has 0 radical (unpaired) electrons. The molecule has 7 heteroatoms. The predicted molar refractivity (Wildman–Crippen MR) is 83.9 cm³/mol. The monoisotopic (exact) mass is 316 g/mol. The van der Waals surface area contributed by atoms with E-state index in [2.05, 4.69) is 15.2 Å². The summed E-state index contributed by atoms with van der Waals surface area (Å²) in [6.07, 6.45) is 2.29. The third-order valence-electron chi connectivity index (χ3n) is 4.13. The maximum absolute atomic E-state index is 12.9. The molecule has 3 rings (SSSR count). The molecule has 0 spiro atoms. The maximum Gasteiger partial charge on any atom is 0.254 e. The summed E-state index contributed by atoms with van der Waals surface area (Å²) < 4.78 is 10.7. The van der Waals surface area contributed by atoms with Gasteiger partial charge in [0.1, 0.15) is 6.33 Å². The lowest BCUT2D eigenvalue weighted by molar-refractivity contribution is 0.0612. The van der Waals surface area contributed by atoms with E-state index in [9.17, 15) is 4.79 Å². The van der Waals surface area contributed by atoms with Gasteiger partial charge in [0.2, 0.25) is 0 Å². The molecule has 0 aliphatic carbocycles. The number of nitrogens with one attached hydrogen (secondary N) is 1. The number of methoxy groups -OCH3 is 2. The molecule has 0 saturated carbocycles. The van der Waals surface area contributed by atoms with E-state index < -0.39 is 0 Å². The summed E-state index contributed by atoms with van der Waals surface area (Å²) in [5.74, 6) is 0.622. The molecule has 2 atom stereocenters. The van der Waals surface area contributed by atoms with Gasteiger partial charge in [0.15, 0.2) is 5.82 Å². The summed E-state index contributed by atoms with van der Waals surface area (Å²) in [4.78, 5) is 18.8. The van der Waals surface area contributed by atoms with Gasteiger partial charge in [-0.05, 0) is 18.6 Å². The summed E-state index contributed by atoms with van der Waals surface area (Å²) in [5.41, 5.74) is 1.45. The third kappa shape index (κ3) is 3.25. The lowest BCUT2D eigenvalue weighted by atomic mass is 10.1. The zero-order valence-electron chi connectivity index (χ0n) is 13.2. The van der Waals surface area contributed by atoms with E-state index in [1.807, 2.05) is 29.2 Å². The number of nitrogens with zero attached hydrogens (tertiary/aromatic N) is 3. The number of amides is 1. The molecule has 1 saturated heterocycles. The van der Waals surface area contributed by atoms with E-state index >= 15 is 0 Å². The van der Waals surface area contributed by atoms with Gasteiger partial charge in [0, 0.05) is 31.9 Å². The Balaban J connectivity index is 1.83. The van der Waals surface area contributed by atoms with Crippen LogP contribution in [0.1, 0.15) is 16.8 Å². The van der Waals surface area contributed by atoms with Crippen molar-refractivity contribution in [2.75, 3.05) is 27.4 Å². The molecule has 1 aliphatic heterocycles. The Hall–Kier alpha value is -2.25. The van der Waals surface area contributed by atoms with Crippen LogP contribution in [0.15, 0.2) is 30.6 Å². The Kier molecular flexibility index (Phi) is 4.68. The van der Waals surface area contributed by atoms with E-state index in [0.717, 1.165) is 12.0 Å². The zero-order chi connectivity index (χ0) is 16.2. The molecule has 1 fully saturated rings. The highest BCUT2D eigenvalue weighted by Crippen LogP contribution is 2.24. The largest absolute Gasteiger partial charge is 0.383 e. The summed E-state index contributed by atoms with van der Waals surface area (Å²) in [5, 5.41) is 6.65. The highest BCUT2D eigenvalue weighted by atomic mass is 16.5. The highest BCUT2D eigenvalue weighted by molar-refractivity contribution is 5.95. The highest BCUT2D eigenvalue weighted by Gasteiger charge is 2.35. The van der Waals surface area contributed by atoms with Crippen LogP contribution in [-0.4, -0.2) is 65.5 Å². The number of H-pyrrole nitrogens is 1. The molecule has 2 heterocycles. The summed E-state index contributed by atoms with van der Waals surface area (Å²) >= 11 is 0. The first kappa shape index (κ1) is 15.6. The second-order valence-electron chi connectivity index (χ2n) is 5.57. The minimum absolute atomic E-state index is 0.0204. The van der Waals surface area contributed by atoms with Crippen LogP contribution in [0, 0.1) is 0 Å². The second-order valence-corrected chi connectivity index (χ2v) is 5.57. The van der Waals surface area contributed by atoms with Gasteiger partial charge in [0.25, 0.3) is 5.91 Å². The van der Waals surface area contributed by atoms with Crippen molar-refractivity contribution in [1.82, 2.24) is 20.1 Å². The number of rotatable bonds is 5. The number of benzene rings is 1. The van der Waals surface area contributed by atoms with Crippen LogP contribution >= 0.6 is 0 Å². The SMILES string of the molecule is COC[C@@H]1C[C@@H](OC)CN1C(=O)c1cccc(-c2ncn[nH]2)c1. The van der Waals surface area contributed by atoms with E-state index in [0.29, 0.717) is 24.5 Å². The smallest absolute Gasteiger partial charge is 0.254 e. The zero-order valence-corrected chi connectivity index (χ0v) is 13.2. The number of hydrogen-bond donors (Lipinski definition) is 1. The lowest BCUT2D eigenvalue weighted by Crippen LogP contribution is -2.38. The number of ether oxygens (including phenoxy) is 2. The Bertz CT molecular complexity index is 659. The van der Waals surface area contributed by atoms with Gasteiger partial charge in [0.05, 0.1) is 18.8 Å². The minimum Gasteiger partial charge on any atom is -0.383 e. The van der Waals surface area contributed by atoms with Gasteiger partial charge in [-0.2, -0.15) is 5.10 Å². The Labute approximate surface area is 134 Å². The number of carbonyl (C=O) groups excluding carboxylic acids is 1. The normalized spacial score (nSPS) is 20.9. The lowest BCUT2D eigenvalue weighted by Gasteiger charge is -2.24. The van der Waals surface area contributed by atoms with Crippen molar-refractivity contribution < 1.29 is 14.3 Å². The number of hydrogen-bond acceptors (Lipinski definition) is 5. The molecule has 0 unspecified atom stereocenters. The molecule has 23 heavy (non-hydrogen) atoms. The van der Waals surface area contributed by atoms with Gasteiger partial charge >= 0.3 is 0 Å². The van der Waals surface area contributed by atoms with Gasteiger partial charge in [-0.15, -0.1) is 0 Å². The molecule has 7 nitrogen and oxygen atoms in total. The molecule has 0 bridgehead atoms. The molecule has 122 valence electrons. The fourth-order valence-electron chi connectivity index (χ4n) is 2.95. The Morgan fingerprint density at radius 2 is 2.30 bits per heavy atom. The van der Waals surface area contributed by atoms with E-state index in [1.165, 1.54) is 6.33 Å².